The third kappa shape index (κ3) is 4.61. The molecule has 0 radical (unpaired) electrons. The number of hydrogen-bond donors (Lipinski definition) is 0. The highest BCUT2D eigenvalue weighted by atomic mass is 35.5. The molecule has 0 fully saturated rings. The summed E-state index contributed by atoms with van der Waals surface area (Å²) in [5.74, 6) is 1.63. The van der Waals surface area contributed by atoms with E-state index in [2.05, 4.69) is 10.2 Å². The van der Waals surface area contributed by atoms with Crippen molar-refractivity contribution in [2.45, 2.75) is 12.1 Å². The molecule has 0 N–H and O–H groups in total. The second-order valence-electron chi connectivity index (χ2n) is 5.13. The Morgan fingerprint density at radius 1 is 1.16 bits per heavy atom. The van der Waals surface area contributed by atoms with Gasteiger partial charge in [-0.05, 0) is 43.3 Å². The molecule has 25 heavy (non-hydrogen) atoms. The molecule has 0 aliphatic carbocycles. The smallest absolute Gasteiger partial charge is 0.276 e. The van der Waals surface area contributed by atoms with Crippen LogP contribution in [0.25, 0.3) is 11.5 Å². The van der Waals surface area contributed by atoms with E-state index in [0.717, 1.165) is 5.56 Å². The first-order chi connectivity index (χ1) is 12.1. The summed E-state index contributed by atoms with van der Waals surface area (Å²) in [6, 6.07) is 14.4. The Balaban J connectivity index is 1.53. The fraction of sp³-hybridized carbons (Fsp3) is 0.167. The van der Waals surface area contributed by atoms with Gasteiger partial charge in [0.25, 0.3) is 5.22 Å². The average molecular weight is 375 g/mol. The van der Waals surface area contributed by atoms with Gasteiger partial charge >= 0.3 is 0 Å². The second-order valence-corrected chi connectivity index (χ2v) is 6.61. The summed E-state index contributed by atoms with van der Waals surface area (Å²) in [5.41, 5.74) is 1.39. The van der Waals surface area contributed by atoms with Gasteiger partial charge in [-0.2, -0.15) is 0 Å². The van der Waals surface area contributed by atoms with Gasteiger partial charge in [-0.1, -0.05) is 35.5 Å². The van der Waals surface area contributed by atoms with Crippen LogP contribution in [0.5, 0.6) is 5.75 Å². The Morgan fingerprint density at radius 2 is 1.92 bits per heavy atom. The lowest BCUT2D eigenvalue weighted by molar-refractivity contribution is 0.101. The first-order valence-electron chi connectivity index (χ1n) is 7.58. The van der Waals surface area contributed by atoms with Crippen LogP contribution in [-0.4, -0.2) is 28.3 Å². The Bertz CT molecular complexity index is 865. The Morgan fingerprint density at radius 3 is 2.68 bits per heavy atom. The molecule has 1 aromatic heterocycles. The minimum atomic E-state index is -0.0206. The number of halogens is 1. The van der Waals surface area contributed by atoms with Gasteiger partial charge in [-0.25, -0.2) is 0 Å². The lowest BCUT2D eigenvalue weighted by Gasteiger charge is -2.08. The highest BCUT2D eigenvalue weighted by Crippen LogP contribution is 2.25. The van der Waals surface area contributed by atoms with E-state index in [-0.39, 0.29) is 5.78 Å². The number of hydrogen-bond acceptors (Lipinski definition) is 6. The first-order valence-corrected chi connectivity index (χ1v) is 8.95. The first kappa shape index (κ1) is 17.5. The molecule has 0 spiro atoms. The number of rotatable bonds is 7. The molecule has 3 rings (SSSR count). The monoisotopic (exact) mass is 374 g/mol. The number of para-hydroxylation sites is 1. The van der Waals surface area contributed by atoms with Crippen molar-refractivity contribution in [2.75, 3.05) is 12.4 Å². The Hall–Kier alpha value is -2.31. The number of aromatic nitrogens is 2. The lowest BCUT2D eigenvalue weighted by Crippen LogP contribution is -2.04. The van der Waals surface area contributed by atoms with Crippen molar-refractivity contribution in [2.24, 2.45) is 0 Å². The van der Waals surface area contributed by atoms with Crippen LogP contribution in [-0.2, 0) is 0 Å². The number of thioether (sulfide) groups is 1. The lowest BCUT2D eigenvalue weighted by atomic mass is 10.1. The largest absolute Gasteiger partial charge is 0.492 e. The standard InChI is InChI=1S/C18H15ClN2O3S/c1-12(22)15-4-2-3-5-16(15)23-10-11-25-18-21-20-17(24-18)13-6-8-14(19)9-7-13/h2-9H,10-11H2,1H3. The van der Waals surface area contributed by atoms with E-state index in [1.165, 1.54) is 18.7 Å². The second kappa shape index (κ2) is 8.18. The number of carbonyl (C=O) groups excluding carboxylic acids is 1. The summed E-state index contributed by atoms with van der Waals surface area (Å²) >= 11 is 7.26. The van der Waals surface area contributed by atoms with E-state index in [1.54, 1.807) is 24.3 Å². The number of ketones is 1. The summed E-state index contributed by atoms with van der Waals surface area (Å²) < 4.78 is 11.3. The minimum absolute atomic E-state index is 0.0206. The van der Waals surface area contributed by atoms with E-state index in [0.29, 0.717) is 39.8 Å². The number of nitrogens with zero attached hydrogens (tertiary/aromatic N) is 2. The van der Waals surface area contributed by atoms with Crippen molar-refractivity contribution in [3.63, 3.8) is 0 Å². The van der Waals surface area contributed by atoms with Crippen LogP contribution in [0.1, 0.15) is 17.3 Å². The van der Waals surface area contributed by atoms with Gasteiger partial charge in [0, 0.05) is 16.3 Å². The predicted molar refractivity (Wildman–Crippen MR) is 97.4 cm³/mol. The maximum atomic E-state index is 11.6. The summed E-state index contributed by atoms with van der Waals surface area (Å²) in [4.78, 5) is 11.6. The Labute approximate surface area is 154 Å². The van der Waals surface area contributed by atoms with Gasteiger partial charge in [0.2, 0.25) is 5.89 Å². The fourth-order valence-corrected chi connectivity index (χ4v) is 2.84. The zero-order valence-electron chi connectivity index (χ0n) is 13.4. The van der Waals surface area contributed by atoms with E-state index >= 15 is 0 Å². The third-order valence-corrected chi connectivity index (χ3v) is 4.37. The molecule has 2 aromatic carbocycles. The molecule has 0 aliphatic rings. The van der Waals surface area contributed by atoms with E-state index in [1.807, 2.05) is 24.3 Å². The van der Waals surface area contributed by atoms with Crippen LogP contribution in [0.2, 0.25) is 5.02 Å². The highest BCUT2D eigenvalue weighted by molar-refractivity contribution is 7.99. The maximum absolute atomic E-state index is 11.6. The topological polar surface area (TPSA) is 65.2 Å². The molecule has 7 heteroatoms. The number of ether oxygens (including phenoxy) is 1. The minimum Gasteiger partial charge on any atom is -0.492 e. The van der Waals surface area contributed by atoms with E-state index in [9.17, 15) is 4.79 Å². The molecule has 0 atom stereocenters. The van der Waals surface area contributed by atoms with Crippen molar-refractivity contribution in [3.05, 3.63) is 59.1 Å². The normalized spacial score (nSPS) is 10.6. The summed E-state index contributed by atoms with van der Waals surface area (Å²) in [6.07, 6.45) is 0. The molecule has 1 heterocycles. The van der Waals surface area contributed by atoms with Crippen LogP contribution in [0.4, 0.5) is 0 Å². The third-order valence-electron chi connectivity index (χ3n) is 3.33. The van der Waals surface area contributed by atoms with Gasteiger partial charge in [-0.3, -0.25) is 4.79 Å². The Kier molecular flexibility index (Phi) is 5.73. The summed E-state index contributed by atoms with van der Waals surface area (Å²) in [7, 11) is 0. The van der Waals surface area contributed by atoms with Crippen molar-refractivity contribution < 1.29 is 13.9 Å². The quantitative estimate of drug-likeness (QED) is 0.337. The average Bonchev–Trinajstić information content (AvgIpc) is 3.08. The predicted octanol–water partition coefficient (Wildman–Crippen LogP) is 4.76. The fourth-order valence-electron chi connectivity index (χ4n) is 2.14. The zero-order valence-corrected chi connectivity index (χ0v) is 15.0. The SMILES string of the molecule is CC(=O)c1ccccc1OCCSc1nnc(-c2ccc(Cl)cc2)o1. The van der Waals surface area contributed by atoms with Gasteiger partial charge in [-0.15, -0.1) is 10.2 Å². The molecule has 128 valence electrons. The van der Waals surface area contributed by atoms with Crippen molar-refractivity contribution in [1.82, 2.24) is 10.2 Å². The molecule has 0 aliphatic heterocycles. The number of Topliss-reactive ketones (excluding diaryl/α,β-unsaturated/α-hetero) is 1. The van der Waals surface area contributed by atoms with Gasteiger partial charge in [0.15, 0.2) is 5.78 Å². The number of carbonyl (C=O) groups is 1. The van der Waals surface area contributed by atoms with Crippen molar-refractivity contribution in [3.8, 4) is 17.2 Å². The molecule has 3 aromatic rings. The number of benzene rings is 2. The van der Waals surface area contributed by atoms with Crippen molar-refractivity contribution in [1.29, 1.82) is 0 Å². The van der Waals surface area contributed by atoms with Crippen LogP contribution in [0.3, 0.4) is 0 Å². The van der Waals surface area contributed by atoms with E-state index < -0.39 is 0 Å². The molecule has 0 bridgehead atoms. The van der Waals surface area contributed by atoms with Gasteiger partial charge in [0.05, 0.1) is 12.2 Å². The zero-order chi connectivity index (χ0) is 17.6. The van der Waals surface area contributed by atoms with Gasteiger partial charge in [0.1, 0.15) is 5.75 Å². The van der Waals surface area contributed by atoms with E-state index in [4.69, 9.17) is 20.8 Å². The van der Waals surface area contributed by atoms with Crippen LogP contribution in [0.15, 0.2) is 58.2 Å². The highest BCUT2D eigenvalue weighted by Gasteiger charge is 2.10. The molecular weight excluding hydrogens is 360 g/mol. The molecular formula is C18H15ClN2O3S. The van der Waals surface area contributed by atoms with Crippen LogP contribution in [0, 0.1) is 0 Å². The molecule has 0 unspecified atom stereocenters. The molecule has 0 amide bonds. The summed E-state index contributed by atoms with van der Waals surface area (Å²) in [5, 5.41) is 9.15. The van der Waals surface area contributed by atoms with Crippen LogP contribution >= 0.6 is 23.4 Å². The van der Waals surface area contributed by atoms with Gasteiger partial charge < -0.3 is 9.15 Å². The van der Waals surface area contributed by atoms with Crippen molar-refractivity contribution >= 4 is 29.1 Å². The molecule has 5 nitrogen and oxygen atoms in total. The van der Waals surface area contributed by atoms with Crippen LogP contribution < -0.4 is 4.74 Å². The molecule has 0 saturated heterocycles. The molecule has 0 saturated carbocycles. The summed E-state index contributed by atoms with van der Waals surface area (Å²) in [6.45, 7) is 1.95. The maximum Gasteiger partial charge on any atom is 0.276 e.